The molecule has 2 aromatic heterocycles. The molecule has 0 bridgehead atoms. The Balaban J connectivity index is 1.49. The van der Waals surface area contributed by atoms with E-state index in [1.165, 1.54) is 0 Å². The van der Waals surface area contributed by atoms with Crippen molar-refractivity contribution in [3.05, 3.63) is 80.4 Å². The van der Waals surface area contributed by atoms with Crippen LogP contribution in [0.5, 0.6) is 34.5 Å². The fraction of sp³-hybridized carbons (Fsp3) is 0.375. The average Bonchev–Trinajstić information content (AvgIpc) is 3.70. The minimum atomic E-state index is -0.582. The Kier molecular flexibility index (Phi) is 13.0. The summed E-state index contributed by atoms with van der Waals surface area (Å²) < 4.78 is 3.46. The van der Waals surface area contributed by atoms with Crippen molar-refractivity contribution in [1.29, 1.82) is 0 Å². The highest BCUT2D eigenvalue weighted by Gasteiger charge is 2.30. The van der Waals surface area contributed by atoms with Crippen LogP contribution >= 0.6 is 0 Å². The Morgan fingerprint density at radius 3 is 1.20 bits per heavy atom. The number of aromatic hydroxyl groups is 6. The van der Waals surface area contributed by atoms with E-state index in [1.807, 2.05) is 67.5 Å². The molecule has 64 heavy (non-hydrogen) atoms. The molecule has 6 aromatic rings. The number of carbonyl (C=O) groups excluding carboxylic acids is 2. The van der Waals surface area contributed by atoms with Crippen molar-refractivity contribution in [2.24, 2.45) is 22.0 Å². The summed E-state index contributed by atoms with van der Waals surface area (Å²) in [5, 5.41) is 88.8. The van der Waals surface area contributed by atoms with E-state index in [-0.39, 0.29) is 56.4 Å². The molecule has 16 heteroatoms. The van der Waals surface area contributed by atoms with Gasteiger partial charge in [-0.2, -0.15) is 20.4 Å². The van der Waals surface area contributed by atoms with Crippen LogP contribution in [0.1, 0.15) is 110 Å². The first-order valence-electron chi connectivity index (χ1n) is 21.2. The van der Waals surface area contributed by atoms with Crippen LogP contribution in [0.4, 0.5) is 0 Å². The van der Waals surface area contributed by atoms with E-state index in [1.54, 1.807) is 49.2 Å². The second-order valence-electron chi connectivity index (χ2n) is 17.5. The quantitative estimate of drug-likeness (QED) is 0.0316. The number of hydrazone groups is 2. The lowest BCUT2D eigenvalue weighted by Gasteiger charge is -2.23. The van der Waals surface area contributed by atoms with Crippen molar-refractivity contribution in [1.82, 2.24) is 30.4 Å². The van der Waals surface area contributed by atoms with Crippen molar-refractivity contribution < 1.29 is 40.2 Å². The molecule has 2 unspecified atom stereocenters. The first-order chi connectivity index (χ1) is 30.0. The van der Waals surface area contributed by atoms with Gasteiger partial charge in [0.05, 0.1) is 59.9 Å². The van der Waals surface area contributed by atoms with Gasteiger partial charge in [-0.15, -0.1) is 0 Å². The number of fused-ring (bicyclic) bond motifs is 2. The number of phenols is 6. The van der Waals surface area contributed by atoms with Crippen LogP contribution in [-0.2, 0) is 22.7 Å². The molecule has 0 aliphatic carbocycles. The second kappa shape index (κ2) is 17.9. The highest BCUT2D eigenvalue weighted by Crippen LogP contribution is 2.54. The SMILES string of the molecule is Cc1cc(C)n(CC(C)C(=O)N/N=C/c2c(O)c(O)c(C(C)C)c3cc(C)c(-c4c(C)cc5c(C(C)C)c(O)c(O)c(/C=N/NC(=O)C(C)Cn6nc(C)cc6C)c5c4O)c(O)c23)n1. The molecule has 4 aromatic carbocycles. The molecule has 0 spiro atoms. The van der Waals surface area contributed by atoms with Crippen molar-refractivity contribution in [3.8, 4) is 45.6 Å². The molecule has 2 amide bonds. The normalized spacial score (nSPS) is 13.0. The molecular weight excluding hydrogens is 817 g/mol. The number of amides is 2. The molecule has 8 N–H and O–H groups in total. The highest BCUT2D eigenvalue weighted by molar-refractivity contribution is 6.15. The minimum absolute atomic E-state index is 0.0858. The summed E-state index contributed by atoms with van der Waals surface area (Å²) in [6.07, 6.45) is 2.30. The van der Waals surface area contributed by atoms with Crippen LogP contribution in [-0.4, -0.2) is 74.4 Å². The Morgan fingerprint density at radius 1 is 0.562 bits per heavy atom. The zero-order chi connectivity index (χ0) is 47.2. The van der Waals surface area contributed by atoms with E-state index in [0.717, 1.165) is 35.2 Å². The monoisotopic (exact) mass is 874 g/mol. The van der Waals surface area contributed by atoms with E-state index in [4.69, 9.17) is 0 Å². The fourth-order valence-corrected chi connectivity index (χ4v) is 8.57. The van der Waals surface area contributed by atoms with Crippen LogP contribution in [0.15, 0.2) is 34.5 Å². The van der Waals surface area contributed by atoms with Gasteiger partial charge in [-0.1, -0.05) is 53.7 Å². The summed E-state index contributed by atoms with van der Waals surface area (Å²) in [7, 11) is 0. The van der Waals surface area contributed by atoms with Gasteiger partial charge in [0.1, 0.15) is 11.5 Å². The maximum Gasteiger partial charge on any atom is 0.244 e. The lowest BCUT2D eigenvalue weighted by molar-refractivity contribution is -0.125. The second-order valence-corrected chi connectivity index (χ2v) is 17.5. The number of hydrogen-bond acceptors (Lipinski definition) is 12. The van der Waals surface area contributed by atoms with Gasteiger partial charge in [0, 0.05) is 44.4 Å². The number of rotatable bonds is 13. The number of nitrogens with zero attached hydrogens (tertiary/aromatic N) is 6. The van der Waals surface area contributed by atoms with Gasteiger partial charge in [-0.3, -0.25) is 19.0 Å². The van der Waals surface area contributed by atoms with Crippen molar-refractivity contribution in [2.45, 2.75) is 108 Å². The number of benzene rings is 4. The van der Waals surface area contributed by atoms with Gasteiger partial charge in [0.15, 0.2) is 23.0 Å². The van der Waals surface area contributed by atoms with E-state index >= 15 is 0 Å². The first-order valence-corrected chi connectivity index (χ1v) is 21.2. The molecule has 0 aliphatic rings. The third kappa shape index (κ3) is 8.51. The smallest absolute Gasteiger partial charge is 0.244 e. The maximum atomic E-state index is 13.2. The van der Waals surface area contributed by atoms with Crippen molar-refractivity contribution in [2.75, 3.05) is 0 Å². The molecule has 0 saturated carbocycles. The molecule has 2 atom stereocenters. The average molecular weight is 875 g/mol. The molecule has 16 nitrogen and oxygen atoms in total. The van der Waals surface area contributed by atoms with E-state index in [9.17, 15) is 40.2 Å². The number of nitrogens with one attached hydrogen (secondary N) is 2. The summed E-state index contributed by atoms with van der Waals surface area (Å²) in [6, 6.07) is 7.28. The Labute approximate surface area is 371 Å². The predicted molar refractivity (Wildman–Crippen MR) is 248 cm³/mol. The lowest BCUT2D eigenvalue weighted by atomic mass is 9.83. The maximum absolute atomic E-state index is 13.2. The number of aromatic nitrogens is 4. The van der Waals surface area contributed by atoms with Crippen LogP contribution < -0.4 is 10.9 Å². The summed E-state index contributed by atoms with van der Waals surface area (Å²) in [5.74, 6) is -5.37. The van der Waals surface area contributed by atoms with Gasteiger partial charge in [0.25, 0.3) is 0 Å². The molecule has 0 radical (unpaired) electrons. The first kappa shape index (κ1) is 46.4. The third-order valence-electron chi connectivity index (χ3n) is 11.7. The van der Waals surface area contributed by atoms with Crippen LogP contribution in [0.3, 0.4) is 0 Å². The van der Waals surface area contributed by atoms with E-state index < -0.39 is 46.6 Å². The zero-order valence-corrected chi connectivity index (χ0v) is 38.4. The molecule has 0 fully saturated rings. The standard InChI is InChI=1S/C48H58N8O8/c1-21(2)35-31-13-23(5)37(43(59)39(31)33(41(57)45(35)61)17-49-51-47(63)25(7)19-55-29(11)15-27(9)53-55)38-24(6)14-32-36(22(3)4)46(62)42(58)34(40(32)44(38)60)18-50-52-48(64)26(8)20-56-30(12)16-28(10)54-56/h13-18,21-22,25-26,57-62H,19-20H2,1-12H3,(H,51,63)(H,52,64)/b49-17+,50-18+. The van der Waals surface area contributed by atoms with E-state index in [2.05, 4.69) is 31.3 Å². The van der Waals surface area contributed by atoms with Gasteiger partial charge in [-0.05, 0) is 87.4 Å². The Hall–Kier alpha value is -7.10. The van der Waals surface area contributed by atoms with Gasteiger partial charge in [0.2, 0.25) is 11.8 Å². The topological polar surface area (TPSA) is 240 Å². The van der Waals surface area contributed by atoms with Crippen LogP contribution in [0, 0.1) is 53.4 Å². The molecule has 0 aliphatic heterocycles. The zero-order valence-electron chi connectivity index (χ0n) is 38.4. The fourth-order valence-electron chi connectivity index (χ4n) is 8.57. The highest BCUT2D eigenvalue weighted by atomic mass is 16.3. The number of hydrogen-bond donors (Lipinski definition) is 8. The third-order valence-corrected chi connectivity index (χ3v) is 11.7. The number of aryl methyl sites for hydroxylation is 6. The predicted octanol–water partition coefficient (Wildman–Crippen LogP) is 7.96. The molecule has 6 rings (SSSR count). The Bertz CT molecular complexity index is 2710. The van der Waals surface area contributed by atoms with Crippen molar-refractivity contribution >= 4 is 45.8 Å². The van der Waals surface area contributed by atoms with E-state index in [0.29, 0.717) is 46.1 Å². The summed E-state index contributed by atoms with van der Waals surface area (Å²) in [6.45, 7) is 22.3. The van der Waals surface area contributed by atoms with Gasteiger partial charge >= 0.3 is 0 Å². The molecule has 338 valence electrons. The van der Waals surface area contributed by atoms with Gasteiger partial charge in [-0.25, -0.2) is 10.9 Å². The molecule has 2 heterocycles. The van der Waals surface area contributed by atoms with Crippen molar-refractivity contribution in [3.63, 3.8) is 0 Å². The summed E-state index contributed by atoms with van der Waals surface area (Å²) >= 11 is 0. The number of phenolic OH excluding ortho intramolecular Hbond substituents is 6. The number of carbonyl (C=O) groups is 2. The lowest BCUT2D eigenvalue weighted by Crippen LogP contribution is -2.28. The summed E-state index contributed by atoms with van der Waals surface area (Å²) in [4.78, 5) is 26.3. The van der Waals surface area contributed by atoms with Crippen LogP contribution in [0.25, 0.3) is 32.7 Å². The Morgan fingerprint density at radius 2 is 0.906 bits per heavy atom. The molecular formula is C48H58N8O8. The minimum Gasteiger partial charge on any atom is -0.507 e. The summed E-state index contributed by atoms with van der Waals surface area (Å²) in [5.41, 5.74) is 10.2. The largest absolute Gasteiger partial charge is 0.507 e. The van der Waals surface area contributed by atoms with Crippen LogP contribution in [0.2, 0.25) is 0 Å². The molecule has 0 saturated heterocycles. The van der Waals surface area contributed by atoms with Gasteiger partial charge < -0.3 is 30.6 Å².